The van der Waals surface area contributed by atoms with Gasteiger partial charge in [0.05, 0.1) is 7.11 Å². The summed E-state index contributed by atoms with van der Waals surface area (Å²) in [6.07, 6.45) is -0.986. The van der Waals surface area contributed by atoms with E-state index in [0.29, 0.717) is 41.9 Å². The van der Waals surface area contributed by atoms with E-state index in [1.54, 1.807) is 49.6 Å². The van der Waals surface area contributed by atoms with Gasteiger partial charge in [-0.1, -0.05) is 0 Å². The average Bonchev–Trinajstić information content (AvgIpc) is 2.72. The molecule has 0 unspecified atom stereocenters. The predicted octanol–water partition coefficient (Wildman–Crippen LogP) is 2.42. The molecule has 1 atom stereocenters. The number of amides is 1. The molecule has 1 aliphatic rings. The van der Waals surface area contributed by atoms with Gasteiger partial charge < -0.3 is 29.0 Å². The molecule has 3 rings (SSSR count). The minimum absolute atomic E-state index is 0.312. The highest BCUT2D eigenvalue weighted by Gasteiger charge is 2.19. The van der Waals surface area contributed by atoms with E-state index in [0.717, 1.165) is 0 Å². The van der Waals surface area contributed by atoms with Crippen molar-refractivity contribution in [1.29, 1.82) is 0 Å². The maximum Gasteiger partial charge on any atom is 0.344 e. The van der Waals surface area contributed by atoms with E-state index in [2.05, 4.69) is 5.32 Å². The normalized spacial score (nSPS) is 13.2. The van der Waals surface area contributed by atoms with Crippen LogP contribution in [0, 0.1) is 0 Å². The molecule has 148 valence electrons. The third-order valence-corrected chi connectivity index (χ3v) is 3.90. The Bertz CT molecular complexity index is 835. The number of ether oxygens (including phenoxy) is 5. The molecule has 0 aromatic heterocycles. The van der Waals surface area contributed by atoms with Crippen molar-refractivity contribution < 1.29 is 33.3 Å². The van der Waals surface area contributed by atoms with Crippen LogP contribution in [0.25, 0.3) is 0 Å². The van der Waals surface area contributed by atoms with Crippen LogP contribution in [0.4, 0.5) is 5.69 Å². The summed E-state index contributed by atoms with van der Waals surface area (Å²) < 4.78 is 26.4. The average molecular weight is 387 g/mol. The Hall–Kier alpha value is -3.42. The Morgan fingerprint density at radius 1 is 1.04 bits per heavy atom. The highest BCUT2D eigenvalue weighted by atomic mass is 16.6. The Kier molecular flexibility index (Phi) is 6.21. The summed E-state index contributed by atoms with van der Waals surface area (Å²) >= 11 is 0. The zero-order chi connectivity index (χ0) is 19.9. The van der Waals surface area contributed by atoms with E-state index < -0.39 is 18.0 Å². The molecule has 0 aliphatic carbocycles. The van der Waals surface area contributed by atoms with E-state index in [-0.39, 0.29) is 6.61 Å². The zero-order valence-corrected chi connectivity index (χ0v) is 15.6. The Morgan fingerprint density at radius 3 is 2.43 bits per heavy atom. The molecule has 0 saturated carbocycles. The fourth-order valence-electron chi connectivity index (χ4n) is 2.46. The lowest BCUT2D eigenvalue weighted by Gasteiger charge is -2.19. The minimum atomic E-state index is -0.986. The first-order valence-electron chi connectivity index (χ1n) is 8.72. The second-order valence-electron chi connectivity index (χ2n) is 5.94. The first-order valence-corrected chi connectivity index (χ1v) is 8.72. The topological polar surface area (TPSA) is 92.3 Å². The molecule has 28 heavy (non-hydrogen) atoms. The molecule has 2 aromatic rings. The number of hydrogen-bond acceptors (Lipinski definition) is 7. The number of carbonyl (C=O) groups excluding carboxylic acids is 2. The summed E-state index contributed by atoms with van der Waals surface area (Å²) in [5.74, 6) is 1.24. The molecule has 0 radical (unpaired) electrons. The van der Waals surface area contributed by atoms with Crippen LogP contribution >= 0.6 is 0 Å². The molecule has 0 bridgehead atoms. The number of hydrogen-bond donors (Lipinski definition) is 1. The summed E-state index contributed by atoms with van der Waals surface area (Å²) in [6, 6.07) is 11.8. The maximum absolute atomic E-state index is 12.2. The van der Waals surface area contributed by atoms with Crippen LogP contribution in [0.5, 0.6) is 23.0 Å². The van der Waals surface area contributed by atoms with Crippen molar-refractivity contribution in [2.24, 2.45) is 0 Å². The van der Waals surface area contributed by atoms with Crippen LogP contribution in [-0.2, 0) is 14.3 Å². The van der Waals surface area contributed by atoms with E-state index >= 15 is 0 Å². The minimum Gasteiger partial charge on any atom is -0.497 e. The van der Waals surface area contributed by atoms with Crippen LogP contribution in [-0.4, -0.2) is 44.9 Å². The molecule has 8 heteroatoms. The Morgan fingerprint density at radius 2 is 1.71 bits per heavy atom. The number of esters is 1. The van der Waals surface area contributed by atoms with Crippen molar-refractivity contribution in [3.8, 4) is 23.0 Å². The molecule has 0 spiro atoms. The number of fused-ring (bicyclic) bond motifs is 1. The standard InChI is InChI=1S/C20H21NO7/c1-13(28-19(22)12-27-16-6-4-15(24-2)5-7-16)20(23)21-14-3-8-17-18(11-14)26-10-9-25-17/h3-8,11,13H,9-10,12H2,1-2H3,(H,21,23)/t13-/m0/s1. The molecule has 1 N–H and O–H groups in total. The summed E-state index contributed by atoms with van der Waals surface area (Å²) in [5.41, 5.74) is 0.520. The van der Waals surface area contributed by atoms with Gasteiger partial charge in [0.1, 0.15) is 24.7 Å². The molecule has 1 heterocycles. The van der Waals surface area contributed by atoms with Gasteiger partial charge in [-0.25, -0.2) is 4.79 Å². The second-order valence-corrected chi connectivity index (χ2v) is 5.94. The molecule has 0 fully saturated rings. The van der Waals surface area contributed by atoms with Crippen LogP contribution in [0.2, 0.25) is 0 Å². The molecule has 2 aromatic carbocycles. The van der Waals surface area contributed by atoms with E-state index in [1.807, 2.05) is 0 Å². The van der Waals surface area contributed by atoms with Gasteiger partial charge in [0.15, 0.2) is 24.2 Å². The monoisotopic (exact) mass is 387 g/mol. The number of nitrogens with one attached hydrogen (secondary N) is 1. The highest BCUT2D eigenvalue weighted by Crippen LogP contribution is 2.32. The van der Waals surface area contributed by atoms with Crippen molar-refractivity contribution in [1.82, 2.24) is 0 Å². The molecule has 1 amide bonds. The van der Waals surface area contributed by atoms with Gasteiger partial charge >= 0.3 is 5.97 Å². The lowest BCUT2D eigenvalue weighted by molar-refractivity contribution is -0.155. The van der Waals surface area contributed by atoms with E-state index in [1.165, 1.54) is 6.92 Å². The summed E-state index contributed by atoms with van der Waals surface area (Å²) in [6.45, 7) is 2.11. The van der Waals surface area contributed by atoms with Crippen molar-refractivity contribution in [3.63, 3.8) is 0 Å². The quantitative estimate of drug-likeness (QED) is 0.730. The fourth-order valence-corrected chi connectivity index (χ4v) is 2.46. The third kappa shape index (κ3) is 5.06. The van der Waals surface area contributed by atoms with Crippen molar-refractivity contribution >= 4 is 17.6 Å². The number of methoxy groups -OCH3 is 1. The first kappa shape index (κ1) is 19.3. The maximum atomic E-state index is 12.2. The molecular formula is C20H21NO7. The van der Waals surface area contributed by atoms with Crippen LogP contribution in [0.1, 0.15) is 6.92 Å². The number of benzene rings is 2. The highest BCUT2D eigenvalue weighted by molar-refractivity contribution is 5.95. The summed E-state index contributed by atoms with van der Waals surface area (Å²) in [7, 11) is 1.56. The van der Waals surface area contributed by atoms with E-state index in [9.17, 15) is 9.59 Å². The smallest absolute Gasteiger partial charge is 0.344 e. The number of carbonyl (C=O) groups is 2. The Balaban J connectivity index is 1.47. The predicted molar refractivity (Wildman–Crippen MR) is 100 cm³/mol. The van der Waals surface area contributed by atoms with Gasteiger partial charge in [0, 0.05) is 11.8 Å². The SMILES string of the molecule is COc1ccc(OCC(=O)O[C@@H](C)C(=O)Nc2ccc3c(c2)OCCO3)cc1. The zero-order valence-electron chi connectivity index (χ0n) is 15.6. The molecule has 0 saturated heterocycles. The lowest BCUT2D eigenvalue weighted by atomic mass is 10.2. The van der Waals surface area contributed by atoms with Gasteiger partial charge in [0.25, 0.3) is 5.91 Å². The lowest BCUT2D eigenvalue weighted by Crippen LogP contribution is -2.31. The van der Waals surface area contributed by atoms with Crippen molar-refractivity contribution in [2.75, 3.05) is 32.2 Å². The van der Waals surface area contributed by atoms with Crippen LogP contribution in [0.3, 0.4) is 0 Å². The Labute approximate surface area is 162 Å². The van der Waals surface area contributed by atoms with Gasteiger partial charge in [-0.3, -0.25) is 4.79 Å². The molecular weight excluding hydrogens is 366 g/mol. The second kappa shape index (κ2) is 8.98. The summed E-state index contributed by atoms with van der Waals surface area (Å²) in [4.78, 5) is 24.2. The third-order valence-electron chi connectivity index (χ3n) is 3.90. The van der Waals surface area contributed by atoms with Crippen LogP contribution < -0.4 is 24.3 Å². The van der Waals surface area contributed by atoms with Crippen molar-refractivity contribution in [2.45, 2.75) is 13.0 Å². The van der Waals surface area contributed by atoms with Gasteiger partial charge in [-0.05, 0) is 43.3 Å². The van der Waals surface area contributed by atoms with Crippen molar-refractivity contribution in [3.05, 3.63) is 42.5 Å². The molecule has 1 aliphatic heterocycles. The van der Waals surface area contributed by atoms with Gasteiger partial charge in [-0.2, -0.15) is 0 Å². The summed E-state index contributed by atoms with van der Waals surface area (Å²) in [5, 5.41) is 2.68. The van der Waals surface area contributed by atoms with Gasteiger partial charge in [0.2, 0.25) is 0 Å². The van der Waals surface area contributed by atoms with Crippen LogP contribution in [0.15, 0.2) is 42.5 Å². The first-order chi connectivity index (χ1) is 13.5. The number of anilines is 1. The van der Waals surface area contributed by atoms with Gasteiger partial charge in [-0.15, -0.1) is 0 Å². The number of rotatable bonds is 7. The largest absolute Gasteiger partial charge is 0.497 e. The van der Waals surface area contributed by atoms with E-state index in [4.69, 9.17) is 23.7 Å². The molecule has 8 nitrogen and oxygen atoms in total. The fraction of sp³-hybridized carbons (Fsp3) is 0.300.